The Bertz CT molecular complexity index is 193. The van der Waals surface area contributed by atoms with E-state index in [0.717, 1.165) is 19.3 Å². The molecule has 0 bridgehead atoms. The quantitative estimate of drug-likeness (QED) is 0.554. The molecule has 1 N–H and O–H groups in total. The molecule has 1 saturated heterocycles. The third-order valence-corrected chi connectivity index (χ3v) is 3.43. The van der Waals surface area contributed by atoms with Gasteiger partial charge in [0.2, 0.25) is 0 Å². The fourth-order valence-corrected chi connectivity index (χ4v) is 2.54. The molecule has 1 spiro atoms. The molecule has 1 nitrogen and oxygen atoms in total. The molecule has 2 aliphatic rings. The second-order valence-corrected chi connectivity index (χ2v) is 4.08. The van der Waals surface area contributed by atoms with Crippen LogP contribution >= 0.6 is 0 Å². The van der Waals surface area contributed by atoms with Crippen LogP contribution < -0.4 is 56.7 Å². The molecule has 0 aromatic rings. The molecular weight excluding hydrogens is 205 g/mol. The van der Waals surface area contributed by atoms with Crippen LogP contribution in [0.25, 0.3) is 0 Å². The Morgan fingerprint density at radius 3 is 2.15 bits per heavy atom. The molecule has 1 atom stereocenters. The van der Waals surface area contributed by atoms with Crippen LogP contribution in [0.5, 0.6) is 0 Å². The minimum Gasteiger partial charge on any atom is -0.449 e. The molecule has 0 aromatic heterocycles. The van der Waals surface area contributed by atoms with Gasteiger partial charge in [-0.3, -0.25) is 0 Å². The maximum Gasteiger partial charge on any atom is 1.00 e. The molecule has 13 heavy (non-hydrogen) atoms. The zero-order valence-corrected chi connectivity index (χ0v) is 10.9. The summed E-state index contributed by atoms with van der Waals surface area (Å²) >= 11 is 0. The molecule has 6 heteroatoms. The van der Waals surface area contributed by atoms with Gasteiger partial charge in [0.1, 0.15) is 0 Å². The summed E-state index contributed by atoms with van der Waals surface area (Å²) in [6.45, 7) is -3.89. The molecule has 1 aliphatic carbocycles. The van der Waals surface area contributed by atoms with Gasteiger partial charge in [0.25, 0.3) is 0 Å². The van der Waals surface area contributed by atoms with Gasteiger partial charge in [0.05, 0.1) is 0 Å². The van der Waals surface area contributed by atoms with Crippen LogP contribution in [-0.4, -0.2) is 20.1 Å². The molecule has 0 radical (unpaired) electrons. The monoisotopic (exact) mass is 217 g/mol. The van der Waals surface area contributed by atoms with Crippen LogP contribution in [0.4, 0.5) is 12.9 Å². The smallest absolute Gasteiger partial charge is 0.449 e. The molecule has 0 amide bonds. The van der Waals surface area contributed by atoms with E-state index in [9.17, 15) is 12.9 Å². The topological polar surface area (TPSA) is 12.0 Å². The predicted molar refractivity (Wildman–Crippen MR) is 42.0 cm³/mol. The molecular formula is C7H12BF3KN. The van der Waals surface area contributed by atoms with Gasteiger partial charge in [-0.05, 0) is 31.3 Å². The van der Waals surface area contributed by atoms with Crippen LogP contribution in [0.2, 0.25) is 5.82 Å². The third kappa shape index (κ3) is 2.18. The van der Waals surface area contributed by atoms with E-state index in [2.05, 4.69) is 5.32 Å². The van der Waals surface area contributed by atoms with Gasteiger partial charge in [-0.15, -0.1) is 0 Å². The Kier molecular flexibility index (Phi) is 3.98. The van der Waals surface area contributed by atoms with Crippen LogP contribution in [0, 0.1) is 5.41 Å². The number of halogens is 3. The van der Waals surface area contributed by atoms with E-state index >= 15 is 0 Å². The second-order valence-electron chi connectivity index (χ2n) is 4.08. The van der Waals surface area contributed by atoms with Crippen molar-refractivity contribution in [3.63, 3.8) is 0 Å². The average Bonchev–Trinajstić information content (AvgIpc) is 2.25. The van der Waals surface area contributed by atoms with Gasteiger partial charge in [-0.2, -0.15) is 0 Å². The second kappa shape index (κ2) is 4.14. The van der Waals surface area contributed by atoms with Gasteiger partial charge in [-0.1, -0.05) is 12.2 Å². The Balaban J connectivity index is 0.000000845. The first kappa shape index (κ1) is 12.5. The van der Waals surface area contributed by atoms with Crippen LogP contribution in [0.1, 0.15) is 19.3 Å². The summed E-state index contributed by atoms with van der Waals surface area (Å²) in [4.78, 5) is 0. The fourth-order valence-electron chi connectivity index (χ4n) is 2.54. The first-order valence-electron chi connectivity index (χ1n) is 4.45. The van der Waals surface area contributed by atoms with Crippen molar-refractivity contribution < 1.29 is 64.3 Å². The summed E-state index contributed by atoms with van der Waals surface area (Å²) in [6.07, 6.45) is 2.52. The minimum absolute atomic E-state index is 0. The summed E-state index contributed by atoms with van der Waals surface area (Å²) in [5, 5.41) is 2.87. The molecule has 1 saturated carbocycles. The van der Waals surface area contributed by atoms with Crippen LogP contribution in [0.3, 0.4) is 0 Å². The van der Waals surface area contributed by atoms with Crippen LogP contribution in [0.15, 0.2) is 0 Å². The van der Waals surface area contributed by atoms with E-state index in [1.54, 1.807) is 0 Å². The number of hydrogen-bond donors (Lipinski definition) is 1. The molecule has 1 heterocycles. The largest absolute Gasteiger partial charge is 1.00 e. The summed E-state index contributed by atoms with van der Waals surface area (Å²) in [7, 11) is 0. The van der Waals surface area contributed by atoms with Gasteiger partial charge in [0, 0.05) is 0 Å². The normalized spacial score (nSPS) is 31.2. The zero-order chi connectivity index (χ0) is 8.82. The predicted octanol–water partition coefficient (Wildman–Crippen LogP) is -1.02. The van der Waals surface area contributed by atoms with Crippen molar-refractivity contribution in [3.05, 3.63) is 0 Å². The first-order valence-corrected chi connectivity index (χ1v) is 4.45. The first-order chi connectivity index (χ1) is 5.55. The summed E-state index contributed by atoms with van der Waals surface area (Å²) < 4.78 is 37.5. The maximum absolute atomic E-state index is 12.5. The molecule has 2 rings (SSSR count). The summed E-state index contributed by atoms with van der Waals surface area (Å²) in [6, 6.07) is 0. The van der Waals surface area contributed by atoms with Gasteiger partial charge in [-0.25, -0.2) is 0 Å². The fraction of sp³-hybridized carbons (Fsp3) is 1.00. The van der Waals surface area contributed by atoms with E-state index in [0.29, 0.717) is 6.54 Å². The van der Waals surface area contributed by atoms with E-state index in [4.69, 9.17) is 0 Å². The third-order valence-electron chi connectivity index (χ3n) is 3.43. The maximum atomic E-state index is 12.5. The van der Waals surface area contributed by atoms with Crippen LogP contribution in [-0.2, 0) is 0 Å². The van der Waals surface area contributed by atoms with Crippen molar-refractivity contribution in [3.8, 4) is 0 Å². The molecule has 70 valence electrons. The van der Waals surface area contributed by atoms with E-state index in [1.807, 2.05) is 0 Å². The van der Waals surface area contributed by atoms with Crippen molar-refractivity contribution in [2.75, 3.05) is 13.1 Å². The molecule has 2 fully saturated rings. The zero-order valence-electron chi connectivity index (χ0n) is 7.82. The van der Waals surface area contributed by atoms with Gasteiger partial charge >= 0.3 is 58.4 Å². The van der Waals surface area contributed by atoms with E-state index in [-0.39, 0.29) is 57.9 Å². The van der Waals surface area contributed by atoms with E-state index in [1.165, 1.54) is 0 Å². The Morgan fingerprint density at radius 1 is 1.23 bits per heavy atom. The van der Waals surface area contributed by atoms with Crippen molar-refractivity contribution in [1.82, 2.24) is 5.32 Å². The summed E-state index contributed by atoms with van der Waals surface area (Å²) in [5.74, 6) is -1.02. The molecule has 1 unspecified atom stereocenters. The number of hydrogen-bond acceptors (Lipinski definition) is 1. The Morgan fingerprint density at radius 2 is 1.85 bits per heavy atom. The van der Waals surface area contributed by atoms with E-state index < -0.39 is 18.2 Å². The van der Waals surface area contributed by atoms with Gasteiger partial charge < -0.3 is 18.3 Å². The SMILES string of the molecule is F[B-](F)(F)C1CNCC12CCC2.[K+]. The van der Waals surface area contributed by atoms with Crippen molar-refractivity contribution in [1.29, 1.82) is 0 Å². The molecule has 1 aliphatic heterocycles. The standard InChI is InChI=1S/C7H12BF3N.K/c9-8(10,11)6-4-12-5-7(6)2-1-3-7;/h6,12H,1-5H2;/q-1;+1. The van der Waals surface area contributed by atoms with Crippen molar-refractivity contribution in [2.24, 2.45) is 5.41 Å². The van der Waals surface area contributed by atoms with Crippen molar-refractivity contribution >= 4 is 6.98 Å². The van der Waals surface area contributed by atoms with Crippen molar-refractivity contribution in [2.45, 2.75) is 25.1 Å². The average molecular weight is 217 g/mol. The Hall–Kier alpha value is 1.45. The minimum atomic E-state index is -4.62. The Labute approximate surface area is 119 Å². The summed E-state index contributed by atoms with van der Waals surface area (Å²) in [5.41, 5.74) is -0.391. The van der Waals surface area contributed by atoms with Gasteiger partial charge in [0.15, 0.2) is 0 Å². The molecule has 0 aromatic carbocycles. The number of nitrogens with one attached hydrogen (secondary N) is 1. The number of rotatable bonds is 1.